The normalized spacial score (nSPS) is 19.4. The molecule has 0 fully saturated rings. The molecule has 0 radical (unpaired) electrons. The first-order valence-corrected chi connectivity index (χ1v) is 9.69. The maximum absolute atomic E-state index is 13.4. The average Bonchev–Trinajstić information content (AvgIpc) is 3.27. The van der Waals surface area contributed by atoms with Gasteiger partial charge in [-0.1, -0.05) is 25.1 Å². The van der Waals surface area contributed by atoms with Gasteiger partial charge in [0, 0.05) is 47.4 Å². The average molecular weight is 348 g/mol. The summed E-state index contributed by atoms with van der Waals surface area (Å²) in [7, 11) is 0. The molecular weight excluding hydrogens is 324 g/mol. The van der Waals surface area contributed by atoms with Gasteiger partial charge in [-0.15, -0.1) is 0 Å². The van der Waals surface area contributed by atoms with Crippen molar-refractivity contribution in [2.24, 2.45) is 0 Å². The second-order valence-corrected chi connectivity index (χ2v) is 7.50. The van der Waals surface area contributed by atoms with Gasteiger partial charge in [-0.05, 0) is 37.3 Å². The zero-order chi connectivity index (χ0) is 17.7. The molecule has 3 aromatic rings. The Morgan fingerprint density at radius 1 is 1.27 bits per heavy atom. The number of para-hydroxylation sites is 1. The molecule has 1 atom stereocenters. The van der Waals surface area contributed by atoms with E-state index in [4.69, 9.17) is 0 Å². The van der Waals surface area contributed by atoms with Crippen molar-refractivity contribution in [1.29, 1.82) is 0 Å². The molecule has 2 N–H and O–H groups in total. The van der Waals surface area contributed by atoms with Crippen molar-refractivity contribution in [3.8, 4) is 0 Å². The van der Waals surface area contributed by atoms with Crippen molar-refractivity contribution in [3.05, 3.63) is 52.5 Å². The Hall–Kier alpha value is -2.56. The largest absolute Gasteiger partial charge is 0.357 e. The number of amides is 1. The molecule has 5 heteroatoms. The lowest BCUT2D eigenvalue weighted by Crippen LogP contribution is -2.40. The summed E-state index contributed by atoms with van der Waals surface area (Å²) in [4.78, 5) is 19.0. The van der Waals surface area contributed by atoms with Gasteiger partial charge < -0.3 is 9.88 Å². The fourth-order valence-corrected chi connectivity index (χ4v) is 4.72. The molecule has 0 saturated carbocycles. The minimum atomic E-state index is -0.0373. The van der Waals surface area contributed by atoms with E-state index in [0.29, 0.717) is 6.54 Å². The maximum Gasteiger partial charge on any atom is 0.231 e. The summed E-state index contributed by atoms with van der Waals surface area (Å²) in [5.74, 6) is 0.232. The predicted octanol–water partition coefficient (Wildman–Crippen LogP) is 3.46. The number of rotatable bonds is 2. The maximum atomic E-state index is 13.4. The van der Waals surface area contributed by atoms with E-state index in [2.05, 4.69) is 46.4 Å². The Kier molecular flexibility index (Phi) is 3.62. The van der Waals surface area contributed by atoms with E-state index >= 15 is 0 Å². The van der Waals surface area contributed by atoms with Gasteiger partial charge in [0.05, 0.1) is 11.6 Å². The van der Waals surface area contributed by atoms with E-state index in [-0.39, 0.29) is 11.8 Å². The van der Waals surface area contributed by atoms with Gasteiger partial charge in [-0.25, -0.2) is 0 Å². The number of nitrogens with one attached hydrogen (secondary N) is 2. The second kappa shape index (κ2) is 6.01. The van der Waals surface area contributed by atoms with E-state index in [1.807, 2.05) is 4.90 Å². The molecule has 2 aromatic heterocycles. The molecule has 1 aromatic carbocycles. The molecule has 0 bridgehead atoms. The van der Waals surface area contributed by atoms with E-state index < -0.39 is 0 Å². The number of nitrogens with zero attached hydrogens (tertiary/aromatic N) is 2. The molecule has 2 aliphatic rings. The van der Waals surface area contributed by atoms with Crippen LogP contribution in [0.3, 0.4) is 0 Å². The van der Waals surface area contributed by atoms with Crippen LogP contribution in [0.2, 0.25) is 0 Å². The molecule has 1 aliphatic heterocycles. The first-order valence-electron chi connectivity index (χ1n) is 9.69. The van der Waals surface area contributed by atoms with Crippen molar-refractivity contribution >= 4 is 16.8 Å². The number of carbonyl (C=O) groups is 1. The van der Waals surface area contributed by atoms with Gasteiger partial charge in [0.2, 0.25) is 5.91 Å². The van der Waals surface area contributed by atoms with Crippen LogP contribution in [0.1, 0.15) is 53.9 Å². The van der Waals surface area contributed by atoms with Crippen molar-refractivity contribution in [3.63, 3.8) is 0 Å². The fourth-order valence-electron chi connectivity index (χ4n) is 4.72. The third-order valence-corrected chi connectivity index (χ3v) is 6.08. The van der Waals surface area contributed by atoms with Crippen molar-refractivity contribution in [2.75, 3.05) is 6.54 Å². The van der Waals surface area contributed by atoms with E-state index in [9.17, 15) is 4.79 Å². The monoisotopic (exact) mass is 348 g/mol. The first kappa shape index (κ1) is 15.7. The van der Waals surface area contributed by atoms with Gasteiger partial charge >= 0.3 is 0 Å². The zero-order valence-corrected chi connectivity index (χ0v) is 15.1. The lowest BCUT2D eigenvalue weighted by atomic mass is 9.85. The van der Waals surface area contributed by atoms with Gasteiger partial charge in [0.1, 0.15) is 0 Å². The van der Waals surface area contributed by atoms with E-state index in [1.165, 1.54) is 22.2 Å². The molecule has 1 amide bonds. The van der Waals surface area contributed by atoms with E-state index in [0.717, 1.165) is 55.6 Å². The summed E-state index contributed by atoms with van der Waals surface area (Å²) < 4.78 is 0. The van der Waals surface area contributed by atoms with Crippen LogP contribution in [-0.4, -0.2) is 32.5 Å². The highest BCUT2D eigenvalue weighted by molar-refractivity contribution is 5.90. The van der Waals surface area contributed by atoms with Crippen LogP contribution in [0.5, 0.6) is 0 Å². The Balaban J connectivity index is 1.47. The van der Waals surface area contributed by atoms with Crippen LogP contribution in [0.15, 0.2) is 24.3 Å². The van der Waals surface area contributed by atoms with Crippen LogP contribution >= 0.6 is 0 Å². The number of H-pyrrole nitrogens is 2. The standard InChI is InChI=1S/C21H24N4O/c1-2-17-16-12-25(11-10-19(16)24-23-17)21(26)15-8-5-7-14-13-6-3-4-9-18(13)22-20(14)15/h3-4,6,9,15,22H,2,5,7-8,10-12H2,1H3,(H,23,24). The molecule has 5 rings (SSSR count). The molecule has 1 unspecified atom stereocenters. The molecule has 134 valence electrons. The number of aromatic amines is 2. The number of benzene rings is 1. The SMILES string of the molecule is CCc1n[nH]c2c1CN(C(=O)C1CCCc3c1[nH]c1ccccc31)CC2. The lowest BCUT2D eigenvalue weighted by molar-refractivity contribution is -0.134. The van der Waals surface area contributed by atoms with E-state index in [1.54, 1.807) is 0 Å². The zero-order valence-electron chi connectivity index (χ0n) is 15.1. The summed E-state index contributed by atoms with van der Waals surface area (Å²) in [6, 6.07) is 8.42. The number of fused-ring (bicyclic) bond motifs is 4. The minimum absolute atomic E-state index is 0.0373. The summed E-state index contributed by atoms with van der Waals surface area (Å²) in [6.07, 6.45) is 4.86. The molecule has 1 aliphatic carbocycles. The molecule has 0 saturated heterocycles. The number of aromatic nitrogens is 3. The topological polar surface area (TPSA) is 64.8 Å². The number of aryl methyl sites for hydroxylation is 2. The highest BCUT2D eigenvalue weighted by atomic mass is 16.2. The minimum Gasteiger partial charge on any atom is -0.357 e. The van der Waals surface area contributed by atoms with Gasteiger partial charge in [0.15, 0.2) is 0 Å². The Bertz CT molecular complexity index is 970. The smallest absolute Gasteiger partial charge is 0.231 e. The Labute approximate surface area is 152 Å². The summed E-state index contributed by atoms with van der Waals surface area (Å²) in [6.45, 7) is 3.60. The fraction of sp³-hybridized carbons (Fsp3) is 0.429. The summed E-state index contributed by atoms with van der Waals surface area (Å²) >= 11 is 0. The molecule has 0 spiro atoms. The van der Waals surface area contributed by atoms with Gasteiger partial charge in [-0.2, -0.15) is 5.10 Å². The predicted molar refractivity (Wildman–Crippen MR) is 101 cm³/mol. The highest BCUT2D eigenvalue weighted by Crippen LogP contribution is 2.37. The van der Waals surface area contributed by atoms with Crippen LogP contribution in [-0.2, 0) is 30.6 Å². The van der Waals surface area contributed by atoms with Crippen molar-refractivity contribution in [2.45, 2.75) is 51.5 Å². The van der Waals surface area contributed by atoms with Crippen molar-refractivity contribution in [1.82, 2.24) is 20.1 Å². The Morgan fingerprint density at radius 2 is 2.15 bits per heavy atom. The van der Waals surface area contributed by atoms with Gasteiger partial charge in [-0.3, -0.25) is 9.89 Å². The number of carbonyl (C=O) groups excluding carboxylic acids is 1. The molecule has 5 nitrogen and oxygen atoms in total. The third-order valence-electron chi connectivity index (χ3n) is 6.08. The third kappa shape index (κ3) is 2.30. The van der Waals surface area contributed by atoms with Crippen LogP contribution in [0, 0.1) is 0 Å². The van der Waals surface area contributed by atoms with Crippen LogP contribution < -0.4 is 0 Å². The number of hydrogen-bond donors (Lipinski definition) is 2. The highest BCUT2D eigenvalue weighted by Gasteiger charge is 2.34. The molecule has 26 heavy (non-hydrogen) atoms. The van der Waals surface area contributed by atoms with Crippen LogP contribution in [0.4, 0.5) is 0 Å². The molecular formula is C21H24N4O. The Morgan fingerprint density at radius 3 is 3.04 bits per heavy atom. The van der Waals surface area contributed by atoms with Gasteiger partial charge in [0.25, 0.3) is 0 Å². The summed E-state index contributed by atoms with van der Waals surface area (Å²) in [5.41, 5.74) is 7.20. The van der Waals surface area contributed by atoms with Crippen molar-refractivity contribution < 1.29 is 4.79 Å². The first-order chi connectivity index (χ1) is 12.8. The molecule has 3 heterocycles. The quantitative estimate of drug-likeness (QED) is 0.745. The second-order valence-electron chi connectivity index (χ2n) is 7.50. The number of hydrogen-bond acceptors (Lipinski definition) is 2. The van der Waals surface area contributed by atoms with Crippen LogP contribution in [0.25, 0.3) is 10.9 Å². The summed E-state index contributed by atoms with van der Waals surface area (Å²) in [5, 5.41) is 8.86. The lowest BCUT2D eigenvalue weighted by Gasteiger charge is -2.32.